The van der Waals surface area contributed by atoms with Gasteiger partial charge in [-0.15, -0.1) is 11.8 Å². The molecule has 0 spiro atoms. The Morgan fingerprint density at radius 3 is 2.46 bits per heavy atom. The summed E-state index contributed by atoms with van der Waals surface area (Å²) in [6.45, 7) is 0. The number of hydrogen-bond donors (Lipinski definition) is 3. The quantitative estimate of drug-likeness (QED) is 0.424. The van der Waals surface area contributed by atoms with Gasteiger partial charge in [-0.1, -0.05) is 48.5 Å². The summed E-state index contributed by atoms with van der Waals surface area (Å²) in [5.74, 6) is -0.151. The van der Waals surface area contributed by atoms with Crippen molar-refractivity contribution in [2.45, 2.75) is 0 Å². The Bertz CT molecular complexity index is 1010. The van der Waals surface area contributed by atoms with Crippen molar-refractivity contribution in [2.24, 2.45) is 5.10 Å². The van der Waals surface area contributed by atoms with E-state index in [1.807, 2.05) is 48.5 Å². The van der Waals surface area contributed by atoms with Gasteiger partial charge < -0.3 is 10.4 Å². The van der Waals surface area contributed by atoms with Crippen LogP contribution in [-0.2, 0) is 9.59 Å². The van der Waals surface area contributed by atoms with Crippen LogP contribution in [0.15, 0.2) is 71.8 Å². The lowest BCUT2D eigenvalue weighted by Crippen LogP contribution is -2.21. The van der Waals surface area contributed by atoms with Gasteiger partial charge in [0.15, 0.2) is 0 Å². The number of hydrogen-bond acceptors (Lipinski definition) is 5. The zero-order valence-electron chi connectivity index (χ0n) is 15.0. The maximum Gasteiger partial charge on any atom is 0.250 e. The normalized spacial score (nSPS) is 10.9. The van der Waals surface area contributed by atoms with Gasteiger partial charge in [-0.25, -0.2) is 5.43 Å². The highest BCUT2D eigenvalue weighted by atomic mass is 32.2. The molecule has 142 valence electrons. The Morgan fingerprint density at radius 2 is 1.64 bits per heavy atom. The Kier molecular flexibility index (Phi) is 6.64. The van der Waals surface area contributed by atoms with E-state index in [0.717, 1.165) is 16.5 Å². The molecule has 0 radical (unpaired) electrons. The van der Waals surface area contributed by atoms with Crippen LogP contribution in [0.5, 0.6) is 5.75 Å². The first-order valence-corrected chi connectivity index (χ1v) is 9.74. The molecule has 3 rings (SSSR count). The van der Waals surface area contributed by atoms with E-state index in [2.05, 4.69) is 15.8 Å². The number of phenolic OH excluding ortho intramolecular Hbond substituents is 1. The standard InChI is InChI=1S/C21H19N3O3S/c25-19-11-10-15-6-4-5-9-17(15)18(19)12-22-24-21(27)14-28-13-20(26)23-16-7-2-1-3-8-16/h1-12,25H,13-14H2,(H,23,26)(H,24,27)/b22-12-. The third-order valence-electron chi connectivity index (χ3n) is 3.85. The molecule has 0 aliphatic rings. The number of nitrogens with one attached hydrogen (secondary N) is 2. The summed E-state index contributed by atoms with van der Waals surface area (Å²) >= 11 is 1.19. The minimum absolute atomic E-state index is 0.0867. The van der Waals surface area contributed by atoms with Gasteiger partial charge >= 0.3 is 0 Å². The molecular weight excluding hydrogens is 374 g/mol. The van der Waals surface area contributed by atoms with Gasteiger partial charge in [-0.2, -0.15) is 5.10 Å². The van der Waals surface area contributed by atoms with E-state index >= 15 is 0 Å². The summed E-state index contributed by atoms with van der Waals surface area (Å²) in [7, 11) is 0. The van der Waals surface area contributed by atoms with Crippen LogP contribution >= 0.6 is 11.8 Å². The van der Waals surface area contributed by atoms with E-state index in [1.165, 1.54) is 18.0 Å². The molecule has 7 heteroatoms. The first kappa shape index (κ1) is 19.4. The highest BCUT2D eigenvalue weighted by Crippen LogP contribution is 2.25. The summed E-state index contributed by atoms with van der Waals surface area (Å²) < 4.78 is 0. The highest BCUT2D eigenvalue weighted by molar-refractivity contribution is 8.00. The second-order valence-electron chi connectivity index (χ2n) is 5.92. The van der Waals surface area contributed by atoms with Crippen molar-refractivity contribution in [1.29, 1.82) is 0 Å². The molecule has 0 aliphatic heterocycles. The van der Waals surface area contributed by atoms with Crippen molar-refractivity contribution in [3.63, 3.8) is 0 Å². The Balaban J connectivity index is 1.47. The number of fused-ring (bicyclic) bond motifs is 1. The fourth-order valence-corrected chi connectivity index (χ4v) is 3.19. The molecule has 2 amide bonds. The van der Waals surface area contributed by atoms with Crippen molar-refractivity contribution < 1.29 is 14.7 Å². The molecule has 0 fully saturated rings. The van der Waals surface area contributed by atoms with Crippen LogP contribution in [-0.4, -0.2) is 34.6 Å². The summed E-state index contributed by atoms with van der Waals surface area (Å²) in [5.41, 5.74) is 3.67. The van der Waals surface area contributed by atoms with Crippen LogP contribution in [0, 0.1) is 0 Å². The van der Waals surface area contributed by atoms with E-state index < -0.39 is 0 Å². The highest BCUT2D eigenvalue weighted by Gasteiger charge is 2.07. The topological polar surface area (TPSA) is 90.8 Å². The summed E-state index contributed by atoms with van der Waals surface area (Å²) in [4.78, 5) is 23.7. The van der Waals surface area contributed by atoms with Gasteiger partial charge in [-0.3, -0.25) is 9.59 Å². The number of carbonyl (C=O) groups excluding carboxylic acids is 2. The average molecular weight is 393 g/mol. The second kappa shape index (κ2) is 9.57. The summed E-state index contributed by atoms with van der Waals surface area (Å²) in [5, 5.41) is 18.5. The van der Waals surface area contributed by atoms with E-state index in [4.69, 9.17) is 0 Å². The maximum absolute atomic E-state index is 11.9. The van der Waals surface area contributed by atoms with Gasteiger partial charge in [0.05, 0.1) is 17.7 Å². The first-order valence-electron chi connectivity index (χ1n) is 8.59. The minimum Gasteiger partial charge on any atom is -0.507 e. The molecule has 0 bridgehead atoms. The number of phenols is 1. The van der Waals surface area contributed by atoms with Crippen LogP contribution < -0.4 is 10.7 Å². The van der Waals surface area contributed by atoms with Crippen LogP contribution in [0.3, 0.4) is 0 Å². The Hall–Kier alpha value is -3.32. The SMILES string of the molecule is O=C(CSCC(=O)Nc1ccccc1)N/N=C\c1c(O)ccc2ccccc12. The molecule has 0 saturated carbocycles. The first-order chi connectivity index (χ1) is 13.6. The Morgan fingerprint density at radius 1 is 0.929 bits per heavy atom. The number of nitrogens with zero attached hydrogens (tertiary/aromatic N) is 1. The van der Waals surface area contributed by atoms with Crippen LogP contribution in [0.4, 0.5) is 5.69 Å². The van der Waals surface area contributed by atoms with E-state index in [9.17, 15) is 14.7 Å². The molecule has 3 aromatic carbocycles. The van der Waals surface area contributed by atoms with Crippen molar-refractivity contribution in [3.8, 4) is 5.75 Å². The van der Waals surface area contributed by atoms with Crippen LogP contribution in [0.2, 0.25) is 0 Å². The third kappa shape index (κ3) is 5.34. The minimum atomic E-state index is -0.325. The molecule has 6 nitrogen and oxygen atoms in total. The second-order valence-corrected chi connectivity index (χ2v) is 6.91. The van der Waals surface area contributed by atoms with Crippen molar-refractivity contribution in [3.05, 3.63) is 72.3 Å². The number of para-hydroxylation sites is 1. The smallest absolute Gasteiger partial charge is 0.250 e. The number of hydrazone groups is 1. The molecule has 0 heterocycles. The largest absolute Gasteiger partial charge is 0.507 e. The number of benzene rings is 3. The van der Waals surface area contributed by atoms with Crippen molar-refractivity contribution in [2.75, 3.05) is 16.8 Å². The van der Waals surface area contributed by atoms with Gasteiger partial charge in [-0.05, 0) is 29.0 Å². The van der Waals surface area contributed by atoms with E-state index in [-0.39, 0.29) is 29.1 Å². The molecule has 0 unspecified atom stereocenters. The van der Waals surface area contributed by atoms with Crippen molar-refractivity contribution in [1.82, 2.24) is 5.43 Å². The lowest BCUT2D eigenvalue weighted by atomic mass is 10.0. The zero-order chi connectivity index (χ0) is 19.8. The van der Waals surface area contributed by atoms with Gasteiger partial charge in [0.1, 0.15) is 5.75 Å². The number of rotatable bonds is 7. The number of carbonyl (C=O) groups is 2. The molecule has 0 saturated heterocycles. The van der Waals surface area contributed by atoms with Crippen molar-refractivity contribution >= 4 is 46.3 Å². The fraction of sp³-hybridized carbons (Fsp3) is 0.0952. The van der Waals surface area contributed by atoms with Gasteiger partial charge in [0.2, 0.25) is 11.8 Å². The maximum atomic E-state index is 11.9. The molecular formula is C21H19N3O3S. The van der Waals surface area contributed by atoms with Gasteiger partial charge in [0.25, 0.3) is 0 Å². The lowest BCUT2D eigenvalue weighted by Gasteiger charge is -2.05. The fourth-order valence-electron chi connectivity index (χ4n) is 2.58. The van der Waals surface area contributed by atoms with E-state index in [0.29, 0.717) is 5.56 Å². The molecule has 0 atom stereocenters. The monoisotopic (exact) mass is 393 g/mol. The third-order valence-corrected chi connectivity index (χ3v) is 4.79. The molecule has 3 aromatic rings. The van der Waals surface area contributed by atoms with Crippen LogP contribution in [0.1, 0.15) is 5.56 Å². The van der Waals surface area contributed by atoms with E-state index in [1.54, 1.807) is 18.2 Å². The van der Waals surface area contributed by atoms with Crippen LogP contribution in [0.25, 0.3) is 10.8 Å². The number of aromatic hydroxyl groups is 1. The summed E-state index contributed by atoms with van der Waals surface area (Å²) in [6, 6.07) is 20.1. The number of anilines is 1. The molecule has 3 N–H and O–H groups in total. The lowest BCUT2D eigenvalue weighted by molar-refractivity contribution is -0.118. The molecule has 0 aliphatic carbocycles. The molecule has 28 heavy (non-hydrogen) atoms. The average Bonchev–Trinajstić information content (AvgIpc) is 2.70. The predicted molar refractivity (Wildman–Crippen MR) is 114 cm³/mol. The Labute approximate surface area is 166 Å². The number of thioether (sulfide) groups is 1. The molecule has 0 aromatic heterocycles. The van der Waals surface area contributed by atoms with Gasteiger partial charge in [0, 0.05) is 11.3 Å². The summed E-state index contributed by atoms with van der Waals surface area (Å²) in [6.07, 6.45) is 1.42. The predicted octanol–water partition coefficient (Wildman–Crippen LogP) is 3.37. The zero-order valence-corrected chi connectivity index (χ0v) is 15.8. The number of amides is 2.